The van der Waals surface area contributed by atoms with Crippen molar-refractivity contribution in [3.8, 4) is 0 Å². The molecule has 4 heteroatoms. The van der Waals surface area contributed by atoms with Crippen molar-refractivity contribution in [3.63, 3.8) is 0 Å². The van der Waals surface area contributed by atoms with E-state index in [1.54, 1.807) is 13.2 Å². The summed E-state index contributed by atoms with van der Waals surface area (Å²) < 4.78 is 5.11. The Balaban J connectivity index is 2.08. The van der Waals surface area contributed by atoms with Gasteiger partial charge >= 0.3 is 0 Å². The van der Waals surface area contributed by atoms with E-state index in [4.69, 9.17) is 4.74 Å². The maximum Gasteiger partial charge on any atom is 0.255 e. The van der Waals surface area contributed by atoms with Gasteiger partial charge < -0.3 is 15.0 Å². The summed E-state index contributed by atoms with van der Waals surface area (Å²) in [6.07, 6.45) is 0. The average molecular weight is 326 g/mol. The topological polar surface area (TPSA) is 41.6 Å². The molecule has 0 unspecified atom stereocenters. The van der Waals surface area contributed by atoms with Gasteiger partial charge in [-0.1, -0.05) is 12.1 Å². The van der Waals surface area contributed by atoms with E-state index in [2.05, 4.69) is 31.0 Å². The van der Waals surface area contributed by atoms with Gasteiger partial charge in [-0.3, -0.25) is 4.79 Å². The van der Waals surface area contributed by atoms with Crippen LogP contribution in [-0.2, 0) is 11.3 Å². The normalized spacial score (nSPS) is 10.7. The molecule has 2 rings (SSSR count). The summed E-state index contributed by atoms with van der Waals surface area (Å²) in [6, 6.07) is 15.9. The zero-order chi connectivity index (χ0) is 17.5. The Labute approximate surface area is 144 Å². The van der Waals surface area contributed by atoms with Gasteiger partial charge in [-0.05, 0) is 62.7 Å². The smallest absolute Gasteiger partial charge is 0.255 e. The quantitative estimate of drug-likeness (QED) is 0.824. The van der Waals surface area contributed by atoms with E-state index in [1.165, 1.54) is 0 Å². The molecule has 0 spiro atoms. The van der Waals surface area contributed by atoms with Gasteiger partial charge in [0, 0.05) is 36.6 Å². The van der Waals surface area contributed by atoms with Gasteiger partial charge in [0.25, 0.3) is 5.91 Å². The second kappa shape index (κ2) is 8.50. The molecule has 24 heavy (non-hydrogen) atoms. The highest BCUT2D eigenvalue weighted by Crippen LogP contribution is 2.20. The molecule has 0 fully saturated rings. The van der Waals surface area contributed by atoms with E-state index in [1.807, 2.05) is 42.5 Å². The molecule has 0 bridgehead atoms. The number of nitrogens with one attached hydrogen (secondary N) is 1. The van der Waals surface area contributed by atoms with Gasteiger partial charge in [0.2, 0.25) is 0 Å². The molecule has 0 saturated carbocycles. The van der Waals surface area contributed by atoms with Crippen LogP contribution in [0.3, 0.4) is 0 Å². The molecule has 0 atom stereocenters. The summed E-state index contributed by atoms with van der Waals surface area (Å²) in [4.78, 5) is 14.7. The molecule has 0 aliphatic heterocycles. The Hall–Kier alpha value is -2.33. The number of benzene rings is 2. The van der Waals surface area contributed by atoms with E-state index < -0.39 is 0 Å². The average Bonchev–Trinajstić information content (AvgIpc) is 2.57. The molecule has 0 aliphatic carbocycles. The van der Waals surface area contributed by atoms with Crippen molar-refractivity contribution in [1.82, 2.24) is 0 Å². The third-order valence-electron chi connectivity index (χ3n) is 3.92. The first-order chi connectivity index (χ1) is 11.5. The molecule has 1 amide bonds. The minimum absolute atomic E-state index is 0.114. The molecular weight excluding hydrogens is 300 g/mol. The lowest BCUT2D eigenvalue weighted by molar-refractivity contribution is 0.102. The van der Waals surface area contributed by atoms with Crippen LogP contribution in [0.5, 0.6) is 0 Å². The van der Waals surface area contributed by atoms with Crippen LogP contribution in [-0.4, -0.2) is 25.6 Å². The Kier molecular flexibility index (Phi) is 6.38. The number of hydrogen-bond acceptors (Lipinski definition) is 3. The zero-order valence-corrected chi connectivity index (χ0v) is 14.9. The fraction of sp³-hybridized carbons (Fsp3) is 0.350. The van der Waals surface area contributed by atoms with Crippen molar-refractivity contribution < 1.29 is 9.53 Å². The summed E-state index contributed by atoms with van der Waals surface area (Å²) in [5.41, 5.74) is 3.57. The minimum Gasteiger partial charge on any atom is -0.380 e. The second-order valence-electron chi connectivity index (χ2n) is 6.01. The molecule has 0 heterocycles. The van der Waals surface area contributed by atoms with Crippen LogP contribution in [0.2, 0.25) is 0 Å². The highest BCUT2D eigenvalue weighted by atomic mass is 16.5. The maximum absolute atomic E-state index is 12.4. The third-order valence-corrected chi connectivity index (χ3v) is 3.92. The van der Waals surface area contributed by atoms with E-state index in [0.717, 1.165) is 23.5 Å². The predicted octanol–water partition coefficient (Wildman–Crippen LogP) is 4.32. The zero-order valence-electron chi connectivity index (χ0n) is 14.9. The summed E-state index contributed by atoms with van der Waals surface area (Å²) >= 11 is 0. The lowest BCUT2D eigenvalue weighted by Crippen LogP contribution is -2.30. The number of methoxy groups -OCH3 is 1. The number of rotatable bonds is 7. The fourth-order valence-electron chi connectivity index (χ4n) is 2.75. The molecular formula is C20H26N2O2. The van der Waals surface area contributed by atoms with Crippen molar-refractivity contribution in [1.29, 1.82) is 0 Å². The van der Waals surface area contributed by atoms with Crippen LogP contribution in [0.25, 0.3) is 0 Å². The molecule has 128 valence electrons. The fourth-order valence-corrected chi connectivity index (χ4v) is 2.75. The van der Waals surface area contributed by atoms with E-state index >= 15 is 0 Å². The van der Waals surface area contributed by atoms with Crippen LogP contribution < -0.4 is 10.2 Å². The maximum atomic E-state index is 12.4. The molecule has 0 saturated heterocycles. The lowest BCUT2D eigenvalue weighted by atomic mass is 10.1. The molecule has 4 nitrogen and oxygen atoms in total. The Morgan fingerprint density at radius 2 is 1.88 bits per heavy atom. The Morgan fingerprint density at radius 3 is 2.46 bits per heavy atom. The van der Waals surface area contributed by atoms with Crippen molar-refractivity contribution in [2.75, 3.05) is 23.9 Å². The summed E-state index contributed by atoms with van der Waals surface area (Å²) in [5.74, 6) is -0.114. The molecule has 0 aromatic heterocycles. The lowest BCUT2D eigenvalue weighted by Gasteiger charge is -2.27. The third kappa shape index (κ3) is 4.59. The number of anilines is 2. The molecule has 2 aromatic carbocycles. The number of carbonyl (C=O) groups excluding carboxylic acids is 1. The van der Waals surface area contributed by atoms with Crippen LogP contribution in [0.1, 0.15) is 36.7 Å². The van der Waals surface area contributed by atoms with Crippen molar-refractivity contribution in [2.45, 2.75) is 33.4 Å². The first-order valence-electron chi connectivity index (χ1n) is 8.31. The number of amides is 1. The van der Waals surface area contributed by atoms with Crippen LogP contribution in [0, 0.1) is 0 Å². The molecule has 0 radical (unpaired) electrons. The number of nitrogens with zero attached hydrogens (tertiary/aromatic N) is 1. The molecule has 2 aromatic rings. The Bertz CT molecular complexity index is 666. The van der Waals surface area contributed by atoms with Gasteiger partial charge in [0.1, 0.15) is 0 Å². The first-order valence-corrected chi connectivity index (χ1v) is 8.31. The highest BCUT2D eigenvalue weighted by Gasteiger charge is 2.10. The van der Waals surface area contributed by atoms with Gasteiger partial charge in [0.15, 0.2) is 0 Å². The van der Waals surface area contributed by atoms with Crippen molar-refractivity contribution >= 4 is 17.3 Å². The predicted molar refractivity (Wildman–Crippen MR) is 99.7 cm³/mol. The van der Waals surface area contributed by atoms with E-state index in [9.17, 15) is 4.79 Å². The monoisotopic (exact) mass is 326 g/mol. The second-order valence-corrected chi connectivity index (χ2v) is 6.01. The molecule has 0 aliphatic rings. The first kappa shape index (κ1) is 18.0. The van der Waals surface area contributed by atoms with Gasteiger partial charge in [0.05, 0.1) is 6.61 Å². The number of ether oxygens (including phenoxy) is 1. The van der Waals surface area contributed by atoms with Gasteiger partial charge in [-0.15, -0.1) is 0 Å². The standard InChI is InChI=1S/C20H26N2O2/c1-5-22(15(2)3)19-11-9-18(10-12-19)21-20(23)17-8-6-7-16(13-17)14-24-4/h6-13,15H,5,14H2,1-4H3,(H,21,23). The summed E-state index contributed by atoms with van der Waals surface area (Å²) in [6.45, 7) is 7.94. The summed E-state index contributed by atoms with van der Waals surface area (Å²) in [5, 5.41) is 2.94. The largest absolute Gasteiger partial charge is 0.380 e. The SMILES string of the molecule is CCN(c1ccc(NC(=O)c2cccc(COC)c2)cc1)C(C)C. The van der Waals surface area contributed by atoms with Crippen LogP contribution in [0.15, 0.2) is 48.5 Å². The van der Waals surface area contributed by atoms with Crippen LogP contribution in [0.4, 0.5) is 11.4 Å². The minimum atomic E-state index is -0.114. The highest BCUT2D eigenvalue weighted by molar-refractivity contribution is 6.04. The van der Waals surface area contributed by atoms with E-state index in [-0.39, 0.29) is 5.91 Å². The number of carbonyl (C=O) groups is 1. The van der Waals surface area contributed by atoms with Gasteiger partial charge in [-0.2, -0.15) is 0 Å². The summed E-state index contributed by atoms with van der Waals surface area (Å²) in [7, 11) is 1.64. The van der Waals surface area contributed by atoms with Crippen LogP contribution >= 0.6 is 0 Å². The molecule has 1 N–H and O–H groups in total. The van der Waals surface area contributed by atoms with Crippen molar-refractivity contribution in [3.05, 3.63) is 59.7 Å². The van der Waals surface area contributed by atoms with Gasteiger partial charge in [-0.25, -0.2) is 0 Å². The number of hydrogen-bond donors (Lipinski definition) is 1. The van der Waals surface area contributed by atoms with E-state index in [0.29, 0.717) is 18.2 Å². The Morgan fingerprint density at radius 1 is 1.17 bits per heavy atom. The van der Waals surface area contributed by atoms with Crippen molar-refractivity contribution in [2.24, 2.45) is 0 Å².